The SMILES string of the molecule is CCCCOC(=O)NC1CCCc2cc(Br)ccc21. The van der Waals surface area contributed by atoms with Crippen molar-refractivity contribution in [2.45, 2.75) is 45.1 Å². The second-order valence-electron chi connectivity index (χ2n) is 4.92. The number of ether oxygens (including phenoxy) is 1. The monoisotopic (exact) mass is 325 g/mol. The molecule has 0 fully saturated rings. The molecule has 4 heteroatoms. The van der Waals surface area contributed by atoms with Crippen molar-refractivity contribution in [3.8, 4) is 0 Å². The number of hydrogen-bond acceptors (Lipinski definition) is 2. The molecule has 3 nitrogen and oxygen atoms in total. The number of hydrogen-bond donors (Lipinski definition) is 1. The molecule has 0 radical (unpaired) electrons. The Bertz CT molecular complexity index is 448. The van der Waals surface area contributed by atoms with E-state index in [1.54, 1.807) is 0 Å². The fourth-order valence-corrected chi connectivity index (χ4v) is 2.83. The van der Waals surface area contributed by atoms with Crippen LogP contribution in [0, 0.1) is 0 Å². The van der Waals surface area contributed by atoms with Crippen molar-refractivity contribution in [3.63, 3.8) is 0 Å². The van der Waals surface area contributed by atoms with Gasteiger partial charge in [-0.1, -0.05) is 35.3 Å². The summed E-state index contributed by atoms with van der Waals surface area (Å²) in [6.45, 7) is 2.58. The Balaban J connectivity index is 1.97. The van der Waals surface area contributed by atoms with Crippen LogP contribution in [-0.4, -0.2) is 12.7 Å². The van der Waals surface area contributed by atoms with E-state index in [2.05, 4.69) is 40.3 Å². The van der Waals surface area contributed by atoms with Crippen LogP contribution in [-0.2, 0) is 11.2 Å². The van der Waals surface area contributed by atoms with E-state index in [9.17, 15) is 4.79 Å². The van der Waals surface area contributed by atoms with Crippen LogP contribution in [0.2, 0.25) is 0 Å². The minimum atomic E-state index is -0.297. The van der Waals surface area contributed by atoms with E-state index in [1.165, 1.54) is 11.1 Å². The molecule has 1 aromatic rings. The molecule has 1 amide bonds. The fourth-order valence-electron chi connectivity index (χ4n) is 2.43. The fraction of sp³-hybridized carbons (Fsp3) is 0.533. The van der Waals surface area contributed by atoms with E-state index in [-0.39, 0.29) is 12.1 Å². The van der Waals surface area contributed by atoms with Crippen molar-refractivity contribution in [2.75, 3.05) is 6.61 Å². The molecule has 1 aliphatic rings. The molecule has 0 aromatic heterocycles. The summed E-state index contributed by atoms with van der Waals surface area (Å²) >= 11 is 3.49. The van der Waals surface area contributed by atoms with Crippen LogP contribution in [0.1, 0.15) is 49.8 Å². The topological polar surface area (TPSA) is 38.3 Å². The maximum atomic E-state index is 11.7. The summed E-state index contributed by atoms with van der Waals surface area (Å²) in [5.41, 5.74) is 2.54. The molecule has 0 saturated heterocycles. The third kappa shape index (κ3) is 3.96. The number of rotatable bonds is 4. The smallest absolute Gasteiger partial charge is 0.407 e. The zero-order valence-electron chi connectivity index (χ0n) is 11.2. The Morgan fingerprint density at radius 3 is 3.16 bits per heavy atom. The van der Waals surface area contributed by atoms with Crippen LogP contribution in [0.25, 0.3) is 0 Å². The molecule has 0 heterocycles. The third-order valence-corrected chi connectivity index (χ3v) is 3.94. The van der Waals surface area contributed by atoms with Gasteiger partial charge in [-0.05, 0) is 48.9 Å². The Labute approximate surface area is 122 Å². The normalized spacial score (nSPS) is 17.7. The van der Waals surface area contributed by atoms with Gasteiger partial charge in [0.1, 0.15) is 0 Å². The van der Waals surface area contributed by atoms with Gasteiger partial charge in [-0.25, -0.2) is 4.79 Å². The van der Waals surface area contributed by atoms with E-state index in [1.807, 2.05) is 6.07 Å². The van der Waals surface area contributed by atoms with E-state index < -0.39 is 0 Å². The van der Waals surface area contributed by atoms with Crippen molar-refractivity contribution in [1.82, 2.24) is 5.32 Å². The lowest BCUT2D eigenvalue weighted by atomic mass is 9.88. The predicted molar refractivity (Wildman–Crippen MR) is 79.2 cm³/mol. The highest BCUT2D eigenvalue weighted by atomic mass is 79.9. The van der Waals surface area contributed by atoms with Crippen LogP contribution in [0.15, 0.2) is 22.7 Å². The number of aryl methyl sites for hydroxylation is 1. The lowest BCUT2D eigenvalue weighted by Crippen LogP contribution is -2.31. The Kier molecular flexibility index (Phi) is 5.25. The summed E-state index contributed by atoms with van der Waals surface area (Å²) in [4.78, 5) is 11.7. The molecular formula is C15H20BrNO2. The summed E-state index contributed by atoms with van der Waals surface area (Å²) in [6, 6.07) is 6.36. The van der Waals surface area contributed by atoms with Gasteiger partial charge in [0.15, 0.2) is 0 Å². The van der Waals surface area contributed by atoms with E-state index >= 15 is 0 Å². The molecule has 1 unspecified atom stereocenters. The number of nitrogens with one attached hydrogen (secondary N) is 1. The van der Waals surface area contributed by atoms with Crippen LogP contribution in [0.3, 0.4) is 0 Å². The molecule has 0 spiro atoms. The highest BCUT2D eigenvalue weighted by Gasteiger charge is 2.22. The third-order valence-electron chi connectivity index (χ3n) is 3.44. The number of fused-ring (bicyclic) bond motifs is 1. The molecule has 1 atom stereocenters. The van der Waals surface area contributed by atoms with Gasteiger partial charge < -0.3 is 10.1 Å². The first-order chi connectivity index (χ1) is 9.20. The highest BCUT2D eigenvalue weighted by molar-refractivity contribution is 9.10. The highest BCUT2D eigenvalue weighted by Crippen LogP contribution is 2.31. The summed E-state index contributed by atoms with van der Waals surface area (Å²) in [5.74, 6) is 0. The van der Waals surface area contributed by atoms with Crippen LogP contribution in [0.5, 0.6) is 0 Å². The number of carbonyl (C=O) groups is 1. The maximum absolute atomic E-state index is 11.7. The summed E-state index contributed by atoms with van der Waals surface area (Å²) in [7, 11) is 0. The summed E-state index contributed by atoms with van der Waals surface area (Å²) < 4.78 is 6.26. The van der Waals surface area contributed by atoms with Gasteiger partial charge in [-0.3, -0.25) is 0 Å². The van der Waals surface area contributed by atoms with Crippen molar-refractivity contribution in [3.05, 3.63) is 33.8 Å². The molecule has 2 rings (SSSR count). The maximum Gasteiger partial charge on any atom is 0.407 e. The Hall–Kier alpha value is -1.03. The second kappa shape index (κ2) is 6.94. The molecule has 1 N–H and O–H groups in total. The van der Waals surface area contributed by atoms with Gasteiger partial charge in [0.25, 0.3) is 0 Å². The Morgan fingerprint density at radius 1 is 1.53 bits per heavy atom. The quantitative estimate of drug-likeness (QED) is 0.835. The average Bonchev–Trinajstić information content (AvgIpc) is 2.39. The Morgan fingerprint density at radius 2 is 2.37 bits per heavy atom. The number of amides is 1. The molecule has 104 valence electrons. The van der Waals surface area contributed by atoms with Crippen LogP contribution in [0.4, 0.5) is 4.79 Å². The van der Waals surface area contributed by atoms with Gasteiger partial charge in [-0.2, -0.15) is 0 Å². The molecule has 1 aliphatic carbocycles. The van der Waals surface area contributed by atoms with E-state index in [0.717, 1.165) is 36.6 Å². The first-order valence-corrected chi connectivity index (χ1v) is 7.71. The lowest BCUT2D eigenvalue weighted by Gasteiger charge is -2.26. The first-order valence-electron chi connectivity index (χ1n) is 6.92. The number of unbranched alkanes of at least 4 members (excludes halogenated alkanes) is 1. The molecule has 0 aliphatic heterocycles. The standard InChI is InChI=1S/C15H20BrNO2/c1-2-3-9-19-15(18)17-14-6-4-5-11-10-12(16)7-8-13(11)14/h7-8,10,14H,2-6,9H2,1H3,(H,17,18). The van der Waals surface area contributed by atoms with Gasteiger partial charge in [-0.15, -0.1) is 0 Å². The van der Waals surface area contributed by atoms with Crippen molar-refractivity contribution >= 4 is 22.0 Å². The first kappa shape index (κ1) is 14.4. The summed E-state index contributed by atoms with van der Waals surface area (Å²) in [5, 5.41) is 2.98. The minimum absolute atomic E-state index is 0.0889. The lowest BCUT2D eigenvalue weighted by molar-refractivity contribution is 0.139. The average molecular weight is 326 g/mol. The van der Waals surface area contributed by atoms with Crippen LogP contribution < -0.4 is 5.32 Å². The van der Waals surface area contributed by atoms with Gasteiger partial charge >= 0.3 is 6.09 Å². The molecule has 19 heavy (non-hydrogen) atoms. The largest absolute Gasteiger partial charge is 0.450 e. The zero-order chi connectivity index (χ0) is 13.7. The number of alkyl carbamates (subject to hydrolysis) is 1. The molecule has 0 saturated carbocycles. The zero-order valence-corrected chi connectivity index (χ0v) is 12.8. The minimum Gasteiger partial charge on any atom is -0.450 e. The number of carbonyl (C=O) groups excluding carboxylic acids is 1. The van der Waals surface area contributed by atoms with E-state index in [4.69, 9.17) is 4.74 Å². The van der Waals surface area contributed by atoms with Crippen LogP contribution >= 0.6 is 15.9 Å². The van der Waals surface area contributed by atoms with Crippen molar-refractivity contribution in [1.29, 1.82) is 0 Å². The molecule has 0 bridgehead atoms. The van der Waals surface area contributed by atoms with E-state index in [0.29, 0.717) is 6.61 Å². The number of benzene rings is 1. The number of halogens is 1. The van der Waals surface area contributed by atoms with Gasteiger partial charge in [0, 0.05) is 4.47 Å². The molecular weight excluding hydrogens is 306 g/mol. The van der Waals surface area contributed by atoms with Crippen molar-refractivity contribution < 1.29 is 9.53 Å². The van der Waals surface area contributed by atoms with Gasteiger partial charge in [0.2, 0.25) is 0 Å². The summed E-state index contributed by atoms with van der Waals surface area (Å²) in [6.07, 6.45) is 4.82. The second-order valence-corrected chi connectivity index (χ2v) is 5.84. The molecule has 1 aromatic carbocycles. The predicted octanol–water partition coefficient (Wildman–Crippen LogP) is 4.35. The van der Waals surface area contributed by atoms with Crippen molar-refractivity contribution in [2.24, 2.45) is 0 Å². The van der Waals surface area contributed by atoms with Gasteiger partial charge in [0.05, 0.1) is 12.6 Å².